The third-order valence-electron chi connectivity index (χ3n) is 6.48. The summed E-state index contributed by atoms with van der Waals surface area (Å²) in [7, 11) is 0.607. The molecule has 1 aliphatic heterocycles. The molecule has 0 unspecified atom stereocenters. The summed E-state index contributed by atoms with van der Waals surface area (Å²) in [6, 6.07) is 7.34. The van der Waals surface area contributed by atoms with E-state index < -0.39 is 27.5 Å². The van der Waals surface area contributed by atoms with Gasteiger partial charge in [-0.3, -0.25) is 0 Å². The summed E-state index contributed by atoms with van der Waals surface area (Å²) in [4.78, 5) is 14.2. The zero-order valence-corrected chi connectivity index (χ0v) is 22.6. The summed E-state index contributed by atoms with van der Waals surface area (Å²) in [5.41, 5.74) is 0.371. The Bertz CT molecular complexity index is 1470. The van der Waals surface area contributed by atoms with Crippen molar-refractivity contribution in [3.63, 3.8) is 0 Å². The SMILES string of the molecule is CN(C)CCc1ccc(-n2cnc(-c3nc(NC4CCN(S(C)(=O)=O)CC4)ncc3C(F)(F)F)c2)c(C#N)c1. The summed E-state index contributed by atoms with van der Waals surface area (Å²) in [5.74, 6) is -0.00619. The van der Waals surface area contributed by atoms with Crippen molar-refractivity contribution in [1.82, 2.24) is 28.7 Å². The van der Waals surface area contributed by atoms with Gasteiger partial charge in [-0.05, 0) is 51.1 Å². The number of anilines is 1. The van der Waals surface area contributed by atoms with Crippen molar-refractivity contribution in [3.05, 3.63) is 53.6 Å². The van der Waals surface area contributed by atoms with Crippen LogP contribution in [0.1, 0.15) is 29.5 Å². The van der Waals surface area contributed by atoms with E-state index in [0.717, 1.165) is 31.0 Å². The minimum Gasteiger partial charge on any atom is -0.351 e. The van der Waals surface area contributed by atoms with Crippen LogP contribution in [0.5, 0.6) is 0 Å². The zero-order valence-electron chi connectivity index (χ0n) is 21.8. The Hall–Kier alpha value is -3.54. The summed E-state index contributed by atoms with van der Waals surface area (Å²) in [6.45, 7) is 1.40. The Morgan fingerprint density at radius 3 is 2.54 bits per heavy atom. The smallest absolute Gasteiger partial charge is 0.351 e. The van der Waals surface area contributed by atoms with Crippen LogP contribution in [0, 0.1) is 11.3 Å². The second kappa shape index (κ2) is 11.3. The maximum atomic E-state index is 13.9. The predicted molar refractivity (Wildman–Crippen MR) is 140 cm³/mol. The van der Waals surface area contributed by atoms with Crippen molar-refractivity contribution in [2.45, 2.75) is 31.5 Å². The average molecular weight is 563 g/mol. The topological polar surface area (TPSA) is 120 Å². The van der Waals surface area contributed by atoms with E-state index in [4.69, 9.17) is 0 Å². The highest BCUT2D eigenvalue weighted by Gasteiger charge is 2.36. The summed E-state index contributed by atoms with van der Waals surface area (Å²) < 4.78 is 67.9. The van der Waals surface area contributed by atoms with Crippen LogP contribution >= 0.6 is 0 Å². The van der Waals surface area contributed by atoms with Gasteiger partial charge >= 0.3 is 6.18 Å². The predicted octanol–water partition coefficient (Wildman–Crippen LogP) is 3.16. The van der Waals surface area contributed by atoms with Crippen molar-refractivity contribution in [3.8, 4) is 23.1 Å². The molecule has 3 aromatic rings. The van der Waals surface area contributed by atoms with Crippen LogP contribution in [0.15, 0.2) is 36.9 Å². The van der Waals surface area contributed by atoms with Gasteiger partial charge in [-0.1, -0.05) is 6.07 Å². The molecule has 1 saturated heterocycles. The first-order valence-corrected chi connectivity index (χ1v) is 14.1. The highest BCUT2D eigenvalue weighted by molar-refractivity contribution is 7.88. The van der Waals surface area contributed by atoms with E-state index in [2.05, 4.69) is 26.3 Å². The first-order valence-electron chi connectivity index (χ1n) is 12.2. The minimum absolute atomic E-state index is 0.00619. The van der Waals surface area contributed by atoms with Crippen molar-refractivity contribution in [2.24, 2.45) is 0 Å². The fourth-order valence-corrected chi connectivity index (χ4v) is 5.23. The lowest BCUT2D eigenvalue weighted by Crippen LogP contribution is -2.42. The molecule has 2 aromatic heterocycles. The van der Waals surface area contributed by atoms with E-state index >= 15 is 0 Å². The average Bonchev–Trinajstić information content (AvgIpc) is 3.36. The second-order valence-electron chi connectivity index (χ2n) is 9.72. The molecule has 1 aliphatic rings. The number of imidazole rings is 1. The molecule has 0 amide bonds. The summed E-state index contributed by atoms with van der Waals surface area (Å²) >= 11 is 0. The van der Waals surface area contributed by atoms with Gasteiger partial charge in [-0.15, -0.1) is 0 Å². The highest BCUT2D eigenvalue weighted by Crippen LogP contribution is 2.36. The number of nitrogens with one attached hydrogen (secondary N) is 1. The Labute approximate surface area is 225 Å². The summed E-state index contributed by atoms with van der Waals surface area (Å²) in [6.07, 6.45) is 1.56. The number of sulfonamides is 1. The Morgan fingerprint density at radius 2 is 1.92 bits per heavy atom. The van der Waals surface area contributed by atoms with Crippen LogP contribution in [-0.4, -0.2) is 83.2 Å². The lowest BCUT2D eigenvalue weighted by molar-refractivity contribution is -0.137. The molecular weight excluding hydrogens is 533 g/mol. The van der Waals surface area contributed by atoms with Gasteiger partial charge < -0.3 is 14.8 Å². The van der Waals surface area contributed by atoms with Crippen LogP contribution in [0.3, 0.4) is 0 Å². The van der Waals surface area contributed by atoms with Gasteiger partial charge in [0.1, 0.15) is 29.3 Å². The number of hydrogen-bond acceptors (Lipinski definition) is 8. The van der Waals surface area contributed by atoms with Gasteiger partial charge in [0.25, 0.3) is 0 Å². The fraction of sp³-hybridized carbons (Fsp3) is 0.440. The van der Waals surface area contributed by atoms with Gasteiger partial charge in [0.2, 0.25) is 16.0 Å². The number of benzene rings is 1. The number of likely N-dealkylation sites (N-methyl/N-ethyl adjacent to an activating group) is 1. The molecule has 39 heavy (non-hydrogen) atoms. The van der Waals surface area contributed by atoms with E-state index in [9.17, 15) is 26.9 Å². The maximum Gasteiger partial charge on any atom is 0.420 e. The second-order valence-corrected chi connectivity index (χ2v) is 11.7. The van der Waals surface area contributed by atoms with Crippen LogP contribution in [0.25, 0.3) is 17.1 Å². The molecule has 1 fully saturated rings. The normalized spacial score (nSPS) is 15.4. The molecular formula is C25H29F3N8O2S. The maximum absolute atomic E-state index is 13.9. The number of alkyl halides is 3. The van der Waals surface area contributed by atoms with Crippen molar-refractivity contribution < 1.29 is 21.6 Å². The monoisotopic (exact) mass is 562 g/mol. The van der Waals surface area contributed by atoms with Crippen LogP contribution in [0.2, 0.25) is 0 Å². The summed E-state index contributed by atoms with van der Waals surface area (Å²) in [5, 5.41) is 12.7. The van der Waals surface area contributed by atoms with E-state index in [0.29, 0.717) is 37.2 Å². The quantitative estimate of drug-likeness (QED) is 0.445. The lowest BCUT2D eigenvalue weighted by Gasteiger charge is -2.30. The zero-order chi connectivity index (χ0) is 28.4. The molecule has 4 rings (SSSR count). The molecule has 0 bridgehead atoms. The van der Waals surface area contributed by atoms with E-state index in [-0.39, 0.29) is 17.7 Å². The fourth-order valence-electron chi connectivity index (χ4n) is 4.35. The molecule has 10 nitrogen and oxygen atoms in total. The van der Waals surface area contributed by atoms with Gasteiger partial charge in [0.05, 0.1) is 17.5 Å². The molecule has 0 atom stereocenters. The third-order valence-corrected chi connectivity index (χ3v) is 7.79. The molecule has 0 aliphatic carbocycles. The number of aromatic nitrogens is 4. The molecule has 208 valence electrons. The van der Waals surface area contributed by atoms with Crippen molar-refractivity contribution in [2.75, 3.05) is 45.3 Å². The first kappa shape index (κ1) is 28.5. The highest BCUT2D eigenvalue weighted by atomic mass is 32.2. The van der Waals surface area contributed by atoms with E-state index in [1.54, 1.807) is 12.1 Å². The molecule has 3 heterocycles. The van der Waals surface area contributed by atoms with Gasteiger partial charge in [-0.25, -0.2) is 27.7 Å². The molecule has 0 radical (unpaired) electrons. The van der Waals surface area contributed by atoms with E-state index in [1.165, 1.54) is 21.4 Å². The number of piperidine rings is 1. The molecule has 1 N–H and O–H groups in total. The van der Waals surface area contributed by atoms with Crippen molar-refractivity contribution in [1.29, 1.82) is 5.26 Å². The first-order chi connectivity index (χ1) is 18.3. The van der Waals surface area contributed by atoms with Crippen molar-refractivity contribution >= 4 is 16.0 Å². The standard InChI is InChI=1S/C25H29F3N8O2S/c1-34(2)9-6-17-4-5-22(18(12-17)13-29)35-15-21(31-16-35)23-20(25(26,27)28)14-30-24(33-23)32-19-7-10-36(11-8-19)39(3,37)38/h4-5,12,14-16,19H,6-11H2,1-3H3,(H,30,32,33). The van der Waals surface area contributed by atoms with Gasteiger partial charge in [0, 0.05) is 38.1 Å². The molecule has 14 heteroatoms. The number of nitrogens with zero attached hydrogens (tertiary/aromatic N) is 7. The molecule has 0 spiro atoms. The van der Waals surface area contributed by atoms with E-state index in [1.807, 2.05) is 25.1 Å². The minimum atomic E-state index is -4.72. The number of halogens is 3. The van der Waals surface area contributed by atoms with Gasteiger partial charge in [0.15, 0.2) is 0 Å². The number of nitriles is 1. The Kier molecular flexibility index (Phi) is 8.24. The molecule has 1 aromatic carbocycles. The van der Waals surface area contributed by atoms with Crippen LogP contribution < -0.4 is 5.32 Å². The van der Waals surface area contributed by atoms with Gasteiger partial charge in [-0.2, -0.15) is 18.4 Å². The Morgan fingerprint density at radius 1 is 1.21 bits per heavy atom. The lowest BCUT2D eigenvalue weighted by atomic mass is 10.1. The van der Waals surface area contributed by atoms with Crippen LogP contribution in [-0.2, 0) is 22.6 Å². The number of hydrogen-bond donors (Lipinski definition) is 1. The Balaban J connectivity index is 1.61. The van der Waals surface area contributed by atoms with Crippen LogP contribution in [0.4, 0.5) is 19.1 Å². The number of rotatable bonds is 8. The molecule has 0 saturated carbocycles. The largest absolute Gasteiger partial charge is 0.420 e. The third kappa shape index (κ3) is 6.92.